The fourth-order valence-electron chi connectivity index (χ4n) is 3.08. The molecule has 2 aliphatic heterocycles. The van der Waals surface area contributed by atoms with Crippen LogP contribution in [0.3, 0.4) is 0 Å². The highest BCUT2D eigenvalue weighted by molar-refractivity contribution is 5.79. The molecular weight excluding hydrogens is 258 g/mol. The van der Waals surface area contributed by atoms with Gasteiger partial charge in [-0.25, -0.2) is 4.98 Å². The maximum Gasteiger partial charge on any atom is 0.226 e. The highest BCUT2D eigenvalue weighted by Crippen LogP contribution is 2.25. The molecule has 0 aromatic carbocycles. The number of carbonyl (C=O) groups is 1. The summed E-state index contributed by atoms with van der Waals surface area (Å²) in [5.41, 5.74) is 1.08. The number of carbonyl (C=O) groups excluding carboxylic acids is 1. The van der Waals surface area contributed by atoms with Gasteiger partial charge in [0.05, 0.1) is 31.2 Å². The van der Waals surface area contributed by atoms with Crippen LogP contribution in [0.4, 0.5) is 0 Å². The Labute approximate surface area is 118 Å². The van der Waals surface area contributed by atoms with E-state index in [0.717, 1.165) is 18.5 Å². The molecule has 0 bridgehead atoms. The highest BCUT2D eigenvalue weighted by Gasteiger charge is 2.32. The number of fused-ring (bicyclic) bond motifs is 1. The SMILES string of the molecule is COC[C@H]1CN(C(=O)C2CCOCC2)Cc2cncn21. The maximum atomic E-state index is 12.6. The lowest BCUT2D eigenvalue weighted by Gasteiger charge is -2.36. The van der Waals surface area contributed by atoms with Crippen LogP contribution in [0.25, 0.3) is 0 Å². The monoisotopic (exact) mass is 279 g/mol. The van der Waals surface area contributed by atoms with Crippen LogP contribution < -0.4 is 0 Å². The topological polar surface area (TPSA) is 56.6 Å². The van der Waals surface area contributed by atoms with Crippen molar-refractivity contribution in [3.8, 4) is 0 Å². The van der Waals surface area contributed by atoms with E-state index in [1.165, 1.54) is 0 Å². The first kappa shape index (κ1) is 13.6. The zero-order valence-electron chi connectivity index (χ0n) is 11.8. The van der Waals surface area contributed by atoms with Crippen LogP contribution in [0.2, 0.25) is 0 Å². The van der Waals surface area contributed by atoms with Crippen LogP contribution in [0, 0.1) is 5.92 Å². The number of rotatable bonds is 3. The number of nitrogens with zero attached hydrogens (tertiary/aromatic N) is 3. The average molecular weight is 279 g/mol. The van der Waals surface area contributed by atoms with E-state index in [1.807, 2.05) is 17.4 Å². The van der Waals surface area contributed by atoms with Crippen LogP contribution in [0.5, 0.6) is 0 Å². The largest absolute Gasteiger partial charge is 0.382 e. The summed E-state index contributed by atoms with van der Waals surface area (Å²) in [5, 5.41) is 0. The first-order valence-electron chi connectivity index (χ1n) is 7.15. The summed E-state index contributed by atoms with van der Waals surface area (Å²) >= 11 is 0. The first-order chi connectivity index (χ1) is 9.79. The van der Waals surface area contributed by atoms with E-state index in [9.17, 15) is 4.79 Å². The minimum Gasteiger partial charge on any atom is -0.382 e. The van der Waals surface area contributed by atoms with Crippen molar-refractivity contribution in [3.63, 3.8) is 0 Å². The summed E-state index contributed by atoms with van der Waals surface area (Å²) in [7, 11) is 1.69. The van der Waals surface area contributed by atoms with Crippen molar-refractivity contribution < 1.29 is 14.3 Å². The van der Waals surface area contributed by atoms with Crippen LogP contribution >= 0.6 is 0 Å². The quantitative estimate of drug-likeness (QED) is 0.822. The van der Waals surface area contributed by atoms with Crippen LogP contribution in [-0.4, -0.2) is 53.8 Å². The Kier molecular flexibility index (Phi) is 4.03. The van der Waals surface area contributed by atoms with Crippen molar-refractivity contribution in [3.05, 3.63) is 18.2 Å². The van der Waals surface area contributed by atoms with Crippen LogP contribution in [-0.2, 0) is 20.8 Å². The second-order valence-corrected chi connectivity index (χ2v) is 5.51. The van der Waals surface area contributed by atoms with E-state index < -0.39 is 0 Å². The molecule has 1 amide bonds. The molecule has 110 valence electrons. The molecule has 1 atom stereocenters. The first-order valence-corrected chi connectivity index (χ1v) is 7.15. The highest BCUT2D eigenvalue weighted by atomic mass is 16.5. The molecule has 3 heterocycles. The number of methoxy groups -OCH3 is 1. The van der Waals surface area contributed by atoms with Gasteiger partial charge in [0.25, 0.3) is 0 Å². The van der Waals surface area contributed by atoms with Crippen LogP contribution in [0.15, 0.2) is 12.5 Å². The molecular formula is C14H21N3O3. The van der Waals surface area contributed by atoms with Crippen LogP contribution in [0.1, 0.15) is 24.6 Å². The molecule has 1 aromatic heterocycles. The van der Waals surface area contributed by atoms with E-state index in [4.69, 9.17) is 9.47 Å². The Morgan fingerprint density at radius 1 is 1.50 bits per heavy atom. The van der Waals surface area contributed by atoms with Crippen molar-refractivity contribution in [1.29, 1.82) is 0 Å². The van der Waals surface area contributed by atoms with Gasteiger partial charge in [-0.2, -0.15) is 0 Å². The molecule has 0 spiro atoms. The molecule has 1 aromatic rings. The Morgan fingerprint density at radius 2 is 2.30 bits per heavy atom. The van der Waals surface area contributed by atoms with Crippen molar-refractivity contribution in [2.45, 2.75) is 25.4 Å². The Morgan fingerprint density at radius 3 is 3.05 bits per heavy atom. The van der Waals surface area contributed by atoms with Gasteiger partial charge >= 0.3 is 0 Å². The second kappa shape index (κ2) is 5.93. The summed E-state index contributed by atoms with van der Waals surface area (Å²) in [4.78, 5) is 18.8. The lowest BCUT2D eigenvalue weighted by atomic mass is 9.98. The summed E-state index contributed by atoms with van der Waals surface area (Å²) in [6, 6.07) is 0.162. The minimum absolute atomic E-state index is 0.112. The lowest BCUT2D eigenvalue weighted by Crippen LogP contribution is -2.45. The average Bonchev–Trinajstić information content (AvgIpc) is 2.96. The standard InChI is InChI=1S/C14H21N3O3/c1-19-9-13-8-16(7-12-6-15-10-17(12)13)14(18)11-2-4-20-5-3-11/h6,10-11,13H,2-5,7-9H2,1H3/t13-/m1/s1. The third kappa shape index (κ3) is 2.58. The zero-order valence-corrected chi connectivity index (χ0v) is 11.8. The summed E-state index contributed by atoms with van der Waals surface area (Å²) in [6.45, 7) is 3.35. The fourth-order valence-corrected chi connectivity index (χ4v) is 3.08. The fraction of sp³-hybridized carbons (Fsp3) is 0.714. The number of amides is 1. The van der Waals surface area contributed by atoms with Gasteiger partial charge in [-0.15, -0.1) is 0 Å². The minimum atomic E-state index is 0.112. The molecule has 1 saturated heterocycles. The predicted molar refractivity (Wildman–Crippen MR) is 72.1 cm³/mol. The van der Waals surface area contributed by atoms with Gasteiger partial charge in [0.2, 0.25) is 5.91 Å². The van der Waals surface area contributed by atoms with Crippen molar-refractivity contribution in [2.75, 3.05) is 33.5 Å². The number of aromatic nitrogens is 2. The Hall–Kier alpha value is -1.40. The zero-order chi connectivity index (χ0) is 13.9. The molecule has 0 saturated carbocycles. The van der Waals surface area contributed by atoms with Gasteiger partial charge in [-0.1, -0.05) is 0 Å². The molecule has 6 heteroatoms. The molecule has 1 fully saturated rings. The summed E-state index contributed by atoms with van der Waals surface area (Å²) < 4.78 is 12.7. The molecule has 0 radical (unpaired) electrons. The van der Waals surface area contributed by atoms with Gasteiger partial charge in [-0.05, 0) is 12.8 Å². The molecule has 0 unspecified atom stereocenters. The maximum absolute atomic E-state index is 12.6. The van der Waals surface area contributed by atoms with Gasteiger partial charge in [0.15, 0.2) is 0 Å². The van der Waals surface area contributed by atoms with E-state index >= 15 is 0 Å². The second-order valence-electron chi connectivity index (χ2n) is 5.51. The summed E-state index contributed by atoms with van der Waals surface area (Å²) in [6.07, 6.45) is 5.34. The smallest absolute Gasteiger partial charge is 0.226 e. The molecule has 3 rings (SSSR count). The third-order valence-corrected chi connectivity index (χ3v) is 4.16. The van der Waals surface area contributed by atoms with Crippen molar-refractivity contribution in [2.24, 2.45) is 5.92 Å². The predicted octanol–water partition coefficient (Wildman–Crippen LogP) is 0.839. The van der Waals surface area contributed by atoms with E-state index in [-0.39, 0.29) is 17.9 Å². The van der Waals surface area contributed by atoms with Gasteiger partial charge in [0.1, 0.15) is 0 Å². The Balaban J connectivity index is 1.73. The van der Waals surface area contributed by atoms with E-state index in [1.54, 1.807) is 7.11 Å². The third-order valence-electron chi connectivity index (χ3n) is 4.16. The van der Waals surface area contributed by atoms with E-state index in [0.29, 0.717) is 32.9 Å². The number of hydrogen-bond donors (Lipinski definition) is 0. The van der Waals surface area contributed by atoms with Crippen molar-refractivity contribution >= 4 is 5.91 Å². The normalized spacial score (nSPS) is 23.6. The molecule has 0 aliphatic carbocycles. The molecule has 20 heavy (non-hydrogen) atoms. The molecule has 6 nitrogen and oxygen atoms in total. The lowest BCUT2D eigenvalue weighted by molar-refractivity contribution is -0.141. The van der Waals surface area contributed by atoms with Gasteiger partial charge < -0.3 is 18.9 Å². The molecule has 0 N–H and O–H groups in total. The number of hydrogen-bond acceptors (Lipinski definition) is 4. The van der Waals surface area contributed by atoms with E-state index in [2.05, 4.69) is 9.55 Å². The Bertz CT molecular complexity index is 468. The number of imidazole rings is 1. The van der Waals surface area contributed by atoms with Gasteiger partial charge in [-0.3, -0.25) is 4.79 Å². The number of ether oxygens (including phenoxy) is 2. The summed E-state index contributed by atoms with van der Waals surface area (Å²) in [5.74, 6) is 0.364. The molecule has 2 aliphatic rings. The van der Waals surface area contributed by atoms with Crippen molar-refractivity contribution in [1.82, 2.24) is 14.5 Å². The van der Waals surface area contributed by atoms with Gasteiger partial charge in [0, 0.05) is 39.0 Å².